The molecular formula is C6H13NO2. The summed E-state index contributed by atoms with van der Waals surface area (Å²) in [7, 11) is 0. The first-order valence-corrected chi connectivity index (χ1v) is 3.28. The molecule has 3 nitrogen and oxygen atoms in total. The van der Waals surface area contributed by atoms with Crippen LogP contribution in [0.4, 0.5) is 0 Å². The molecule has 1 aliphatic heterocycles. The second kappa shape index (κ2) is 3.15. The lowest BCUT2D eigenvalue weighted by Crippen LogP contribution is -2.41. The lowest BCUT2D eigenvalue weighted by molar-refractivity contribution is -0.127. The zero-order valence-corrected chi connectivity index (χ0v) is 5.67. The van der Waals surface area contributed by atoms with Gasteiger partial charge < -0.3 is 15.2 Å². The van der Waals surface area contributed by atoms with Crippen LogP contribution >= 0.6 is 0 Å². The summed E-state index contributed by atoms with van der Waals surface area (Å²) in [5.41, 5.74) is 5.39. The summed E-state index contributed by atoms with van der Waals surface area (Å²) in [6.45, 7) is 3.93. The van der Waals surface area contributed by atoms with Gasteiger partial charge >= 0.3 is 0 Å². The highest BCUT2D eigenvalue weighted by molar-refractivity contribution is 4.69. The smallest absolute Gasteiger partial charge is 0.0956 e. The van der Waals surface area contributed by atoms with Crippen molar-refractivity contribution in [3.63, 3.8) is 0 Å². The van der Waals surface area contributed by atoms with E-state index in [4.69, 9.17) is 15.2 Å². The molecule has 0 aromatic carbocycles. The SMILES string of the molecule is C[C@H]1OCCO[C@H]1CN. The molecule has 0 spiro atoms. The monoisotopic (exact) mass is 131 g/mol. The van der Waals surface area contributed by atoms with Crippen LogP contribution in [0.3, 0.4) is 0 Å². The van der Waals surface area contributed by atoms with E-state index in [9.17, 15) is 0 Å². The normalized spacial score (nSPS) is 36.7. The van der Waals surface area contributed by atoms with Crippen LogP contribution in [0.15, 0.2) is 0 Å². The lowest BCUT2D eigenvalue weighted by Gasteiger charge is -2.28. The van der Waals surface area contributed by atoms with Gasteiger partial charge in [0.2, 0.25) is 0 Å². The molecule has 2 atom stereocenters. The molecule has 1 heterocycles. The maximum Gasteiger partial charge on any atom is 0.0956 e. The van der Waals surface area contributed by atoms with Gasteiger partial charge in [-0.25, -0.2) is 0 Å². The van der Waals surface area contributed by atoms with Crippen molar-refractivity contribution in [2.75, 3.05) is 19.8 Å². The quantitative estimate of drug-likeness (QED) is 0.533. The fraction of sp³-hybridized carbons (Fsp3) is 1.00. The Morgan fingerprint density at radius 3 is 2.56 bits per heavy atom. The molecule has 2 N–H and O–H groups in total. The minimum Gasteiger partial charge on any atom is -0.373 e. The van der Waals surface area contributed by atoms with E-state index in [1.807, 2.05) is 6.92 Å². The van der Waals surface area contributed by atoms with Gasteiger partial charge in [0.05, 0.1) is 25.4 Å². The maximum atomic E-state index is 5.39. The average Bonchev–Trinajstić information content (AvgIpc) is 1.89. The summed E-state index contributed by atoms with van der Waals surface area (Å²) >= 11 is 0. The molecule has 1 saturated heterocycles. The van der Waals surface area contributed by atoms with Crippen molar-refractivity contribution in [3.05, 3.63) is 0 Å². The summed E-state index contributed by atoms with van der Waals surface area (Å²) < 4.78 is 10.6. The largest absolute Gasteiger partial charge is 0.373 e. The first-order valence-electron chi connectivity index (χ1n) is 3.28. The van der Waals surface area contributed by atoms with Gasteiger partial charge in [0.25, 0.3) is 0 Å². The van der Waals surface area contributed by atoms with Crippen molar-refractivity contribution in [1.29, 1.82) is 0 Å². The van der Waals surface area contributed by atoms with Gasteiger partial charge in [-0.3, -0.25) is 0 Å². The summed E-state index contributed by atoms with van der Waals surface area (Å²) in [5.74, 6) is 0. The minimum absolute atomic E-state index is 0.110. The highest BCUT2D eigenvalue weighted by Gasteiger charge is 2.20. The number of hydrogen-bond donors (Lipinski definition) is 1. The van der Waals surface area contributed by atoms with E-state index in [0.717, 1.165) is 0 Å². The van der Waals surface area contributed by atoms with Gasteiger partial charge in [-0.15, -0.1) is 0 Å². The van der Waals surface area contributed by atoms with E-state index in [1.165, 1.54) is 0 Å². The number of ether oxygens (including phenoxy) is 2. The maximum absolute atomic E-state index is 5.39. The fourth-order valence-corrected chi connectivity index (χ4v) is 0.936. The van der Waals surface area contributed by atoms with E-state index < -0.39 is 0 Å². The third-order valence-corrected chi connectivity index (χ3v) is 1.55. The predicted molar refractivity (Wildman–Crippen MR) is 34.2 cm³/mol. The summed E-state index contributed by atoms with van der Waals surface area (Å²) in [6, 6.07) is 0. The molecule has 0 amide bonds. The number of rotatable bonds is 1. The standard InChI is InChI=1S/C6H13NO2/c1-5-6(4-7)9-3-2-8-5/h5-6H,2-4,7H2,1H3/t5-,6+/m1/s1. The molecule has 54 valence electrons. The molecule has 1 rings (SSSR count). The Morgan fingerprint density at radius 2 is 2.11 bits per heavy atom. The van der Waals surface area contributed by atoms with Gasteiger partial charge in [0.15, 0.2) is 0 Å². The molecule has 0 saturated carbocycles. The third-order valence-electron chi connectivity index (χ3n) is 1.55. The molecule has 0 aliphatic carbocycles. The number of nitrogens with two attached hydrogens (primary N) is 1. The second-order valence-electron chi connectivity index (χ2n) is 2.22. The van der Waals surface area contributed by atoms with E-state index >= 15 is 0 Å². The lowest BCUT2D eigenvalue weighted by atomic mass is 10.2. The molecule has 0 aromatic heterocycles. The molecule has 0 unspecified atom stereocenters. The van der Waals surface area contributed by atoms with Gasteiger partial charge in [0.1, 0.15) is 0 Å². The van der Waals surface area contributed by atoms with Crippen LogP contribution in [0.2, 0.25) is 0 Å². The minimum atomic E-state index is 0.110. The molecule has 1 fully saturated rings. The Hall–Kier alpha value is -0.120. The van der Waals surface area contributed by atoms with Crippen LogP contribution in [0.1, 0.15) is 6.92 Å². The van der Waals surface area contributed by atoms with Gasteiger partial charge in [-0.1, -0.05) is 0 Å². The predicted octanol–water partition coefficient (Wildman–Crippen LogP) is -0.251. The molecule has 0 bridgehead atoms. The van der Waals surface area contributed by atoms with Crippen LogP contribution in [0, 0.1) is 0 Å². The van der Waals surface area contributed by atoms with Crippen LogP contribution in [-0.4, -0.2) is 32.0 Å². The van der Waals surface area contributed by atoms with Gasteiger partial charge in [-0.05, 0) is 6.92 Å². The summed E-state index contributed by atoms with van der Waals surface area (Å²) in [6.07, 6.45) is 0.280. The molecule has 0 radical (unpaired) electrons. The van der Waals surface area contributed by atoms with Crippen LogP contribution in [-0.2, 0) is 9.47 Å². The highest BCUT2D eigenvalue weighted by atomic mass is 16.6. The van der Waals surface area contributed by atoms with Crippen molar-refractivity contribution in [2.24, 2.45) is 5.73 Å². The first kappa shape index (κ1) is 6.99. The Kier molecular flexibility index (Phi) is 2.45. The second-order valence-corrected chi connectivity index (χ2v) is 2.22. The topological polar surface area (TPSA) is 44.5 Å². The zero-order valence-electron chi connectivity index (χ0n) is 5.67. The van der Waals surface area contributed by atoms with Crippen molar-refractivity contribution < 1.29 is 9.47 Å². The Bertz CT molecular complexity index is 87.1. The third kappa shape index (κ3) is 1.64. The van der Waals surface area contributed by atoms with Crippen molar-refractivity contribution in [1.82, 2.24) is 0 Å². The van der Waals surface area contributed by atoms with Crippen molar-refractivity contribution >= 4 is 0 Å². The molecular weight excluding hydrogens is 118 g/mol. The highest BCUT2D eigenvalue weighted by Crippen LogP contribution is 2.07. The molecule has 9 heavy (non-hydrogen) atoms. The van der Waals surface area contributed by atoms with Gasteiger partial charge in [-0.2, -0.15) is 0 Å². The molecule has 0 aromatic rings. The Labute approximate surface area is 55.1 Å². The van der Waals surface area contributed by atoms with Gasteiger partial charge in [0, 0.05) is 6.54 Å². The average molecular weight is 131 g/mol. The van der Waals surface area contributed by atoms with E-state index in [2.05, 4.69) is 0 Å². The summed E-state index contributed by atoms with van der Waals surface area (Å²) in [4.78, 5) is 0. The first-order chi connectivity index (χ1) is 4.34. The molecule has 1 aliphatic rings. The van der Waals surface area contributed by atoms with E-state index in [-0.39, 0.29) is 12.2 Å². The Balaban J connectivity index is 2.30. The van der Waals surface area contributed by atoms with Crippen LogP contribution in [0.25, 0.3) is 0 Å². The Morgan fingerprint density at radius 1 is 1.44 bits per heavy atom. The van der Waals surface area contributed by atoms with E-state index in [1.54, 1.807) is 0 Å². The fourth-order valence-electron chi connectivity index (χ4n) is 0.936. The van der Waals surface area contributed by atoms with E-state index in [0.29, 0.717) is 19.8 Å². The number of hydrogen-bond acceptors (Lipinski definition) is 3. The van der Waals surface area contributed by atoms with Crippen molar-refractivity contribution in [3.8, 4) is 0 Å². The van der Waals surface area contributed by atoms with Crippen molar-refractivity contribution in [2.45, 2.75) is 19.1 Å². The van der Waals surface area contributed by atoms with Crippen LogP contribution < -0.4 is 5.73 Å². The zero-order chi connectivity index (χ0) is 6.69. The summed E-state index contributed by atoms with van der Waals surface area (Å²) in [5, 5.41) is 0. The van der Waals surface area contributed by atoms with Crippen LogP contribution in [0.5, 0.6) is 0 Å². The molecule has 3 heteroatoms.